The number of nitrogens with zero attached hydrogens (tertiary/aromatic N) is 2. The molecule has 0 radical (unpaired) electrons. The lowest BCUT2D eigenvalue weighted by Crippen LogP contribution is -2.26. The van der Waals surface area contributed by atoms with E-state index in [9.17, 15) is 0 Å². The van der Waals surface area contributed by atoms with Gasteiger partial charge in [0.25, 0.3) is 0 Å². The quantitative estimate of drug-likeness (QED) is 0.802. The van der Waals surface area contributed by atoms with E-state index in [1.165, 1.54) is 25.7 Å². The van der Waals surface area contributed by atoms with Gasteiger partial charge < -0.3 is 5.32 Å². The van der Waals surface area contributed by atoms with E-state index < -0.39 is 0 Å². The molecule has 3 nitrogen and oxygen atoms in total. The van der Waals surface area contributed by atoms with E-state index in [4.69, 9.17) is 0 Å². The van der Waals surface area contributed by atoms with Crippen LogP contribution in [-0.2, 0) is 0 Å². The van der Waals surface area contributed by atoms with Crippen molar-refractivity contribution in [2.45, 2.75) is 38.6 Å². The average molecular weight is 203 g/mol. The van der Waals surface area contributed by atoms with Crippen molar-refractivity contribution in [3.05, 3.63) is 18.1 Å². The average Bonchev–Trinajstić information content (AvgIpc) is 2.83. The Balaban J connectivity index is 1.68. The summed E-state index contributed by atoms with van der Waals surface area (Å²) in [7, 11) is 0. The van der Waals surface area contributed by atoms with Gasteiger partial charge in [-0.1, -0.05) is 6.42 Å². The molecule has 3 heteroatoms. The Kier molecular flexibility index (Phi) is 2.11. The zero-order chi connectivity index (χ0) is 10.3. The monoisotopic (exact) mass is 203 g/mol. The van der Waals surface area contributed by atoms with Crippen LogP contribution >= 0.6 is 0 Å². The summed E-state index contributed by atoms with van der Waals surface area (Å²) < 4.78 is 0. The van der Waals surface area contributed by atoms with Crippen LogP contribution < -0.4 is 5.32 Å². The first-order valence-corrected chi connectivity index (χ1v) is 5.86. The summed E-state index contributed by atoms with van der Waals surface area (Å²) in [6, 6.07) is 0.653. The second-order valence-corrected chi connectivity index (χ2v) is 4.97. The normalized spacial score (nSPS) is 33.3. The third kappa shape index (κ3) is 1.71. The van der Waals surface area contributed by atoms with Crippen LogP contribution in [0.2, 0.25) is 0 Å². The molecule has 1 N–H and O–H groups in total. The molecule has 3 unspecified atom stereocenters. The fourth-order valence-electron chi connectivity index (χ4n) is 3.08. The first-order chi connectivity index (χ1) is 7.31. The van der Waals surface area contributed by atoms with E-state index in [2.05, 4.69) is 15.3 Å². The lowest BCUT2D eigenvalue weighted by molar-refractivity contribution is 0.439. The summed E-state index contributed by atoms with van der Waals surface area (Å²) in [5.74, 6) is 2.81. The van der Waals surface area contributed by atoms with E-state index in [1.54, 1.807) is 0 Å². The van der Waals surface area contributed by atoms with Crippen LogP contribution in [0.3, 0.4) is 0 Å². The number of aromatic nitrogens is 2. The number of fused-ring (bicyclic) bond motifs is 2. The second kappa shape index (κ2) is 3.47. The smallest absolute Gasteiger partial charge is 0.144 e. The van der Waals surface area contributed by atoms with Crippen molar-refractivity contribution in [3.63, 3.8) is 0 Å². The zero-order valence-electron chi connectivity index (χ0n) is 9.11. The number of rotatable bonds is 2. The summed E-state index contributed by atoms with van der Waals surface area (Å²) in [6.07, 6.45) is 9.29. The Bertz CT molecular complexity index is 346. The molecule has 1 heterocycles. The van der Waals surface area contributed by atoms with Gasteiger partial charge in [0.2, 0.25) is 0 Å². The van der Waals surface area contributed by atoms with E-state index in [0.29, 0.717) is 6.04 Å². The highest BCUT2D eigenvalue weighted by molar-refractivity contribution is 5.33. The summed E-state index contributed by atoms with van der Waals surface area (Å²) in [5, 5.41) is 3.53. The number of anilines is 1. The molecule has 3 rings (SSSR count). The minimum atomic E-state index is 0.653. The van der Waals surface area contributed by atoms with Crippen molar-refractivity contribution < 1.29 is 0 Å². The number of hydrogen-bond acceptors (Lipinski definition) is 3. The van der Waals surface area contributed by atoms with Crippen LogP contribution in [0.25, 0.3) is 0 Å². The van der Waals surface area contributed by atoms with Gasteiger partial charge in [-0.2, -0.15) is 0 Å². The Morgan fingerprint density at radius 2 is 2.13 bits per heavy atom. The molecule has 3 atom stereocenters. The Hall–Kier alpha value is -1.12. The fraction of sp³-hybridized carbons (Fsp3) is 0.667. The number of hydrogen-bond donors (Lipinski definition) is 1. The molecule has 2 bridgehead atoms. The SMILES string of the molecule is Cc1cnc(NC2CC3CCC2C3)cn1. The van der Waals surface area contributed by atoms with Crippen LogP contribution in [-0.4, -0.2) is 16.0 Å². The highest BCUT2D eigenvalue weighted by atomic mass is 15.0. The lowest BCUT2D eigenvalue weighted by Gasteiger charge is -2.23. The molecule has 2 aliphatic rings. The van der Waals surface area contributed by atoms with Crippen molar-refractivity contribution in [1.82, 2.24) is 9.97 Å². The van der Waals surface area contributed by atoms with Gasteiger partial charge in [-0.05, 0) is 38.0 Å². The number of nitrogens with one attached hydrogen (secondary N) is 1. The van der Waals surface area contributed by atoms with E-state index >= 15 is 0 Å². The molecule has 2 saturated carbocycles. The summed E-state index contributed by atoms with van der Waals surface area (Å²) in [4.78, 5) is 8.61. The van der Waals surface area contributed by atoms with Gasteiger partial charge in [0.05, 0.1) is 18.1 Å². The Morgan fingerprint density at radius 3 is 2.73 bits per heavy atom. The highest BCUT2D eigenvalue weighted by Crippen LogP contribution is 2.45. The van der Waals surface area contributed by atoms with Crippen LogP contribution in [0.4, 0.5) is 5.82 Å². The molecule has 80 valence electrons. The molecule has 1 aromatic heterocycles. The lowest BCUT2D eigenvalue weighted by atomic mass is 9.95. The third-order valence-corrected chi connectivity index (χ3v) is 3.85. The van der Waals surface area contributed by atoms with Crippen LogP contribution in [0.1, 0.15) is 31.4 Å². The topological polar surface area (TPSA) is 37.8 Å². The Labute approximate surface area is 90.3 Å². The maximum atomic E-state index is 4.35. The maximum Gasteiger partial charge on any atom is 0.144 e. The van der Waals surface area contributed by atoms with E-state index in [-0.39, 0.29) is 0 Å². The van der Waals surface area contributed by atoms with Gasteiger partial charge in [0.15, 0.2) is 0 Å². The van der Waals surface area contributed by atoms with Crippen molar-refractivity contribution in [2.24, 2.45) is 11.8 Å². The molecule has 2 aliphatic carbocycles. The van der Waals surface area contributed by atoms with Crippen LogP contribution in [0.5, 0.6) is 0 Å². The first-order valence-electron chi connectivity index (χ1n) is 5.86. The molecule has 0 saturated heterocycles. The largest absolute Gasteiger partial charge is 0.366 e. The maximum absolute atomic E-state index is 4.35. The van der Waals surface area contributed by atoms with Crippen molar-refractivity contribution in [3.8, 4) is 0 Å². The summed E-state index contributed by atoms with van der Waals surface area (Å²) >= 11 is 0. The number of aryl methyl sites for hydroxylation is 1. The van der Waals surface area contributed by atoms with Crippen LogP contribution in [0, 0.1) is 18.8 Å². The van der Waals surface area contributed by atoms with Gasteiger partial charge >= 0.3 is 0 Å². The minimum absolute atomic E-state index is 0.653. The molecular weight excluding hydrogens is 186 g/mol. The molecule has 0 aromatic carbocycles. The van der Waals surface area contributed by atoms with E-state index in [1.807, 2.05) is 19.3 Å². The summed E-state index contributed by atoms with van der Waals surface area (Å²) in [6.45, 7) is 1.97. The highest BCUT2D eigenvalue weighted by Gasteiger charge is 2.39. The van der Waals surface area contributed by atoms with Gasteiger partial charge in [0.1, 0.15) is 5.82 Å². The fourth-order valence-corrected chi connectivity index (χ4v) is 3.08. The molecule has 1 aromatic rings. The predicted molar refractivity (Wildman–Crippen MR) is 59.6 cm³/mol. The minimum Gasteiger partial charge on any atom is -0.366 e. The van der Waals surface area contributed by atoms with Crippen molar-refractivity contribution >= 4 is 5.82 Å². The molecule has 0 amide bonds. The zero-order valence-corrected chi connectivity index (χ0v) is 9.11. The second-order valence-electron chi connectivity index (χ2n) is 4.97. The van der Waals surface area contributed by atoms with Crippen LogP contribution in [0.15, 0.2) is 12.4 Å². The molecular formula is C12H17N3. The van der Waals surface area contributed by atoms with Gasteiger partial charge in [-0.25, -0.2) is 4.98 Å². The standard InChI is InChI=1S/C12H17N3/c1-8-6-14-12(7-13-8)15-11-5-9-2-3-10(11)4-9/h6-7,9-11H,2-5H2,1H3,(H,14,15). The molecule has 2 fully saturated rings. The van der Waals surface area contributed by atoms with Crippen molar-refractivity contribution in [2.75, 3.05) is 5.32 Å². The van der Waals surface area contributed by atoms with Gasteiger partial charge in [-0.15, -0.1) is 0 Å². The molecule has 0 aliphatic heterocycles. The van der Waals surface area contributed by atoms with Crippen molar-refractivity contribution in [1.29, 1.82) is 0 Å². The molecule has 15 heavy (non-hydrogen) atoms. The van der Waals surface area contributed by atoms with Gasteiger partial charge in [0, 0.05) is 6.04 Å². The van der Waals surface area contributed by atoms with Gasteiger partial charge in [-0.3, -0.25) is 4.98 Å². The van der Waals surface area contributed by atoms with E-state index in [0.717, 1.165) is 23.3 Å². The Morgan fingerprint density at radius 1 is 1.20 bits per heavy atom. The predicted octanol–water partition coefficient (Wildman–Crippen LogP) is 2.39. The third-order valence-electron chi connectivity index (χ3n) is 3.85. The molecule has 0 spiro atoms. The first kappa shape index (κ1) is 9.13. The summed E-state index contributed by atoms with van der Waals surface area (Å²) in [5.41, 5.74) is 0.980.